The molecule has 0 radical (unpaired) electrons. The Morgan fingerprint density at radius 1 is 0.521 bits per heavy atom. The van der Waals surface area contributed by atoms with E-state index in [1.807, 2.05) is 6.08 Å². The van der Waals surface area contributed by atoms with Crippen molar-refractivity contribution >= 4 is 11.9 Å². The Kier molecular flexibility index (Phi) is 48.7. The molecule has 0 aromatic heterocycles. The summed E-state index contributed by atoms with van der Waals surface area (Å²) in [6, 6.07) is -1.02. The molecule has 0 saturated carbocycles. The standard InChI is InChI=1S/C62H119NO10/c1-4-7-10-13-16-19-22-24-25-26-27-28-29-30-32-34-37-40-43-46-49-55(66)61(70)63-53(54(65)48-45-42-39-36-33-21-18-15-12-9-6-3)52-71-62-60(59(69)58(68)56(51-64)72-62)73-57(67)50-47-44-41-38-35-31-23-20-17-14-11-8-5-2/h45,48,53-56,58-60,62,64-66,68-69H,4-44,46-47,49-52H2,1-3H3,(H,63,70)/b48-45+. The summed E-state index contributed by atoms with van der Waals surface area (Å²) in [5, 5.41) is 56.9. The van der Waals surface area contributed by atoms with Crippen LogP contribution in [0.3, 0.4) is 0 Å². The molecule has 1 fully saturated rings. The third-order valence-electron chi connectivity index (χ3n) is 15.2. The quantitative estimate of drug-likeness (QED) is 0.0195. The fourth-order valence-electron chi connectivity index (χ4n) is 10.2. The maximum absolute atomic E-state index is 13.4. The molecule has 6 N–H and O–H groups in total. The Balaban J connectivity index is 2.63. The maximum atomic E-state index is 13.4. The minimum atomic E-state index is -1.61. The van der Waals surface area contributed by atoms with Gasteiger partial charge in [-0.15, -0.1) is 0 Å². The van der Waals surface area contributed by atoms with E-state index in [1.165, 1.54) is 205 Å². The summed E-state index contributed by atoms with van der Waals surface area (Å²) in [4.78, 5) is 26.5. The molecule has 0 bridgehead atoms. The number of nitrogens with one attached hydrogen (secondary N) is 1. The molecule has 1 aliphatic heterocycles. The van der Waals surface area contributed by atoms with Crippen LogP contribution in [0.4, 0.5) is 0 Å². The number of allylic oxidation sites excluding steroid dienone is 1. The second-order valence-corrected chi connectivity index (χ2v) is 22.2. The first-order valence-electron chi connectivity index (χ1n) is 31.5. The summed E-state index contributed by atoms with van der Waals surface area (Å²) in [5.74, 6) is -1.18. The first-order valence-corrected chi connectivity index (χ1v) is 31.5. The van der Waals surface area contributed by atoms with Crippen molar-refractivity contribution in [3.05, 3.63) is 12.2 Å². The van der Waals surface area contributed by atoms with Crippen molar-refractivity contribution < 1.29 is 49.3 Å². The van der Waals surface area contributed by atoms with Gasteiger partial charge < -0.3 is 45.1 Å². The zero-order valence-electron chi connectivity index (χ0n) is 47.8. The Hall–Kier alpha value is -1.60. The van der Waals surface area contributed by atoms with Crippen LogP contribution in [0.25, 0.3) is 0 Å². The highest BCUT2D eigenvalue weighted by molar-refractivity contribution is 5.80. The molecule has 1 heterocycles. The summed E-state index contributed by atoms with van der Waals surface area (Å²) in [6.45, 7) is 5.81. The zero-order chi connectivity index (χ0) is 53.3. The molecule has 1 saturated heterocycles. The highest BCUT2D eigenvalue weighted by Gasteiger charge is 2.47. The minimum Gasteiger partial charge on any atom is -0.454 e. The summed E-state index contributed by atoms with van der Waals surface area (Å²) < 4.78 is 17.6. The lowest BCUT2D eigenvalue weighted by molar-refractivity contribution is -0.305. The van der Waals surface area contributed by atoms with Crippen LogP contribution >= 0.6 is 0 Å². The highest BCUT2D eigenvalue weighted by Crippen LogP contribution is 2.26. The molecule has 0 aliphatic carbocycles. The van der Waals surface area contributed by atoms with E-state index in [2.05, 4.69) is 26.1 Å². The number of carbonyl (C=O) groups excluding carboxylic acids is 2. The number of rotatable bonds is 54. The van der Waals surface area contributed by atoms with E-state index >= 15 is 0 Å². The fraction of sp³-hybridized carbons (Fsp3) is 0.935. The minimum absolute atomic E-state index is 0.131. The normalized spacial score (nSPS) is 19.4. The number of aliphatic hydroxyl groups is 5. The monoisotopic (exact) mass is 1040 g/mol. The summed E-state index contributed by atoms with van der Waals surface area (Å²) in [7, 11) is 0. The second kappa shape index (κ2) is 51.2. The number of carbonyl (C=O) groups is 2. The zero-order valence-corrected chi connectivity index (χ0v) is 47.8. The van der Waals surface area contributed by atoms with Gasteiger partial charge in [-0.2, -0.15) is 0 Å². The highest BCUT2D eigenvalue weighted by atomic mass is 16.7. The van der Waals surface area contributed by atoms with Gasteiger partial charge >= 0.3 is 5.97 Å². The van der Waals surface area contributed by atoms with Crippen molar-refractivity contribution in [2.45, 2.75) is 359 Å². The first kappa shape index (κ1) is 69.4. The van der Waals surface area contributed by atoms with Crippen molar-refractivity contribution in [1.29, 1.82) is 0 Å². The molecule has 8 atom stereocenters. The van der Waals surface area contributed by atoms with Gasteiger partial charge in [-0.3, -0.25) is 9.59 Å². The average molecular weight is 1040 g/mol. The molecule has 11 nitrogen and oxygen atoms in total. The molecule has 0 aromatic rings. The van der Waals surface area contributed by atoms with Crippen LogP contribution < -0.4 is 5.32 Å². The van der Waals surface area contributed by atoms with Gasteiger partial charge in [0.2, 0.25) is 5.91 Å². The van der Waals surface area contributed by atoms with Crippen molar-refractivity contribution in [2.75, 3.05) is 13.2 Å². The van der Waals surface area contributed by atoms with Crippen LogP contribution in [-0.4, -0.2) is 99.6 Å². The van der Waals surface area contributed by atoms with Gasteiger partial charge in [-0.05, 0) is 25.7 Å². The number of esters is 1. The van der Waals surface area contributed by atoms with Gasteiger partial charge in [-0.25, -0.2) is 0 Å². The molecule has 73 heavy (non-hydrogen) atoms. The molecule has 1 amide bonds. The summed E-state index contributed by atoms with van der Waals surface area (Å²) >= 11 is 0. The van der Waals surface area contributed by atoms with E-state index in [0.29, 0.717) is 19.3 Å². The maximum Gasteiger partial charge on any atom is 0.306 e. The number of unbranched alkanes of at least 4 members (excludes halogenated alkanes) is 40. The predicted octanol–water partition coefficient (Wildman–Crippen LogP) is 14.7. The summed E-state index contributed by atoms with van der Waals surface area (Å²) in [6.07, 6.45) is 46.9. The first-order chi connectivity index (χ1) is 35.7. The van der Waals surface area contributed by atoms with Crippen LogP contribution in [0.2, 0.25) is 0 Å². The number of ether oxygens (including phenoxy) is 3. The number of hydrogen-bond donors (Lipinski definition) is 6. The smallest absolute Gasteiger partial charge is 0.306 e. The second-order valence-electron chi connectivity index (χ2n) is 22.2. The molecule has 1 aliphatic rings. The van der Waals surface area contributed by atoms with E-state index in [1.54, 1.807) is 6.08 Å². The van der Waals surface area contributed by atoms with Crippen LogP contribution in [0.5, 0.6) is 0 Å². The Bertz CT molecular complexity index is 1240. The summed E-state index contributed by atoms with van der Waals surface area (Å²) in [5.41, 5.74) is 0. The Morgan fingerprint density at radius 3 is 1.29 bits per heavy atom. The predicted molar refractivity (Wildman–Crippen MR) is 301 cm³/mol. The fourth-order valence-corrected chi connectivity index (χ4v) is 10.2. The molecular weight excluding hydrogens is 919 g/mol. The third-order valence-corrected chi connectivity index (χ3v) is 15.2. The van der Waals surface area contributed by atoms with Crippen LogP contribution in [0.15, 0.2) is 12.2 Å². The molecule has 0 spiro atoms. The van der Waals surface area contributed by atoms with Gasteiger partial charge in [0.1, 0.15) is 24.4 Å². The van der Waals surface area contributed by atoms with Crippen LogP contribution in [0.1, 0.15) is 310 Å². The molecule has 11 heteroatoms. The SMILES string of the molecule is CCCCCCCCCCC/C=C/C(O)C(COC1OC(CO)C(O)C(O)C1OC(=O)CCCCCCCCCCCCCCC)NC(=O)C(O)CCCCCCCCCCCCCCCCCCCCCC. The molecule has 0 aromatic carbocycles. The van der Waals surface area contributed by atoms with Gasteiger partial charge in [0.15, 0.2) is 12.4 Å². The van der Waals surface area contributed by atoms with E-state index in [0.717, 1.165) is 57.8 Å². The Labute approximate surface area is 448 Å². The van der Waals surface area contributed by atoms with Gasteiger partial charge in [0.05, 0.1) is 25.4 Å². The lowest BCUT2D eigenvalue weighted by Gasteiger charge is -2.41. The molecule has 432 valence electrons. The van der Waals surface area contributed by atoms with Gasteiger partial charge in [0, 0.05) is 6.42 Å². The number of aliphatic hydroxyl groups excluding tert-OH is 5. The van der Waals surface area contributed by atoms with Gasteiger partial charge in [0.25, 0.3) is 0 Å². The molecule has 1 rings (SSSR count). The lowest BCUT2D eigenvalue weighted by Crippen LogP contribution is -2.61. The topological polar surface area (TPSA) is 175 Å². The Morgan fingerprint density at radius 2 is 0.890 bits per heavy atom. The lowest BCUT2D eigenvalue weighted by atomic mass is 9.99. The van der Waals surface area contributed by atoms with Crippen LogP contribution in [0, 0.1) is 0 Å². The third kappa shape index (κ3) is 39.4. The van der Waals surface area contributed by atoms with Crippen molar-refractivity contribution in [3.63, 3.8) is 0 Å². The van der Waals surface area contributed by atoms with E-state index < -0.39 is 67.4 Å². The van der Waals surface area contributed by atoms with Crippen molar-refractivity contribution in [1.82, 2.24) is 5.32 Å². The van der Waals surface area contributed by atoms with Crippen molar-refractivity contribution in [3.8, 4) is 0 Å². The van der Waals surface area contributed by atoms with E-state index in [-0.39, 0.29) is 13.0 Å². The van der Waals surface area contributed by atoms with Crippen LogP contribution in [-0.2, 0) is 23.8 Å². The molecule has 8 unspecified atom stereocenters. The van der Waals surface area contributed by atoms with E-state index in [4.69, 9.17) is 14.2 Å². The van der Waals surface area contributed by atoms with Crippen molar-refractivity contribution in [2.24, 2.45) is 0 Å². The van der Waals surface area contributed by atoms with Gasteiger partial charge in [-0.1, -0.05) is 290 Å². The largest absolute Gasteiger partial charge is 0.454 e. The number of hydrogen-bond acceptors (Lipinski definition) is 10. The van der Waals surface area contributed by atoms with E-state index in [9.17, 15) is 35.1 Å². The number of amides is 1. The molecular formula is C62H119NO10. The average Bonchev–Trinajstić information content (AvgIpc) is 3.39.